The van der Waals surface area contributed by atoms with Gasteiger partial charge < -0.3 is 14.8 Å². The Bertz CT molecular complexity index is 608. The monoisotopic (exact) mass is 313 g/mol. The van der Waals surface area contributed by atoms with Crippen LogP contribution in [0.15, 0.2) is 54.6 Å². The average molecular weight is 313 g/mol. The summed E-state index contributed by atoms with van der Waals surface area (Å²) in [6, 6.07) is 17.0. The van der Waals surface area contributed by atoms with Crippen LogP contribution in [-0.2, 0) is 4.79 Å². The number of hydrogen-bond donors (Lipinski definition) is 1. The number of para-hydroxylation sites is 1. The van der Waals surface area contributed by atoms with Crippen molar-refractivity contribution in [3.8, 4) is 11.5 Å². The van der Waals surface area contributed by atoms with E-state index < -0.39 is 0 Å². The van der Waals surface area contributed by atoms with Crippen molar-refractivity contribution in [1.82, 2.24) is 5.32 Å². The van der Waals surface area contributed by atoms with Gasteiger partial charge in [-0.15, -0.1) is 0 Å². The van der Waals surface area contributed by atoms with Crippen LogP contribution in [0.1, 0.15) is 25.5 Å². The van der Waals surface area contributed by atoms with Crippen LogP contribution >= 0.6 is 0 Å². The molecule has 23 heavy (non-hydrogen) atoms. The molecule has 2 rings (SSSR count). The van der Waals surface area contributed by atoms with E-state index in [1.807, 2.05) is 54.6 Å². The summed E-state index contributed by atoms with van der Waals surface area (Å²) in [5, 5.41) is 3.04. The number of rotatable bonds is 7. The molecule has 0 radical (unpaired) electrons. The Morgan fingerprint density at radius 2 is 1.65 bits per heavy atom. The molecule has 4 heteroatoms. The van der Waals surface area contributed by atoms with Gasteiger partial charge in [0, 0.05) is 0 Å². The molecule has 1 N–H and O–H groups in total. The Morgan fingerprint density at radius 1 is 1.00 bits per heavy atom. The Balaban J connectivity index is 1.96. The second-order valence-corrected chi connectivity index (χ2v) is 5.66. The van der Waals surface area contributed by atoms with Gasteiger partial charge in [0.2, 0.25) is 0 Å². The zero-order chi connectivity index (χ0) is 16.7. The molecule has 0 heterocycles. The van der Waals surface area contributed by atoms with E-state index in [1.165, 1.54) is 0 Å². The molecule has 0 aromatic heterocycles. The van der Waals surface area contributed by atoms with Crippen LogP contribution in [0.3, 0.4) is 0 Å². The molecular formula is C19H23NO3. The fraction of sp³-hybridized carbons (Fsp3) is 0.316. The number of ether oxygens (including phenoxy) is 2. The lowest BCUT2D eigenvalue weighted by molar-refractivity contribution is -0.124. The highest BCUT2D eigenvalue weighted by Crippen LogP contribution is 2.23. The van der Waals surface area contributed by atoms with Crippen LogP contribution in [0, 0.1) is 5.92 Å². The minimum absolute atomic E-state index is 0.00336. The smallest absolute Gasteiger partial charge is 0.258 e. The first-order valence-electron chi connectivity index (χ1n) is 7.71. The van der Waals surface area contributed by atoms with Gasteiger partial charge in [-0.3, -0.25) is 4.79 Å². The molecule has 0 aliphatic rings. The number of carbonyl (C=O) groups is 1. The quantitative estimate of drug-likeness (QED) is 0.850. The van der Waals surface area contributed by atoms with Gasteiger partial charge >= 0.3 is 0 Å². The van der Waals surface area contributed by atoms with Crippen LogP contribution in [-0.4, -0.2) is 19.6 Å². The number of carbonyl (C=O) groups excluding carboxylic acids is 1. The van der Waals surface area contributed by atoms with Gasteiger partial charge in [-0.1, -0.05) is 44.2 Å². The van der Waals surface area contributed by atoms with Crippen LogP contribution < -0.4 is 14.8 Å². The van der Waals surface area contributed by atoms with Crippen molar-refractivity contribution in [2.45, 2.75) is 19.9 Å². The second kappa shape index (κ2) is 8.22. The second-order valence-electron chi connectivity index (χ2n) is 5.66. The first-order chi connectivity index (χ1) is 11.1. The third-order valence-corrected chi connectivity index (χ3v) is 3.57. The standard InChI is InChI=1S/C19H23NO3/c1-14(2)19(15-9-11-16(22-3)12-10-15)20-18(21)13-23-17-7-5-4-6-8-17/h4-12,14,19H,13H2,1-3H3,(H,20,21). The minimum atomic E-state index is -0.136. The third-order valence-electron chi connectivity index (χ3n) is 3.57. The van der Waals surface area contributed by atoms with Crippen molar-refractivity contribution in [3.05, 3.63) is 60.2 Å². The summed E-state index contributed by atoms with van der Waals surface area (Å²) in [7, 11) is 1.64. The molecule has 0 spiro atoms. The molecule has 0 aliphatic heterocycles. The summed E-state index contributed by atoms with van der Waals surface area (Å²) in [5.41, 5.74) is 1.05. The summed E-state index contributed by atoms with van der Waals surface area (Å²) in [4.78, 5) is 12.2. The maximum Gasteiger partial charge on any atom is 0.258 e. The summed E-state index contributed by atoms with van der Waals surface area (Å²) in [6.45, 7) is 4.16. The van der Waals surface area contributed by atoms with E-state index in [0.29, 0.717) is 5.75 Å². The van der Waals surface area contributed by atoms with E-state index in [4.69, 9.17) is 9.47 Å². The Kier molecular flexibility index (Phi) is 6.03. The van der Waals surface area contributed by atoms with Crippen LogP contribution in [0.5, 0.6) is 11.5 Å². The zero-order valence-electron chi connectivity index (χ0n) is 13.8. The first kappa shape index (κ1) is 16.9. The number of amides is 1. The molecule has 0 saturated heterocycles. The topological polar surface area (TPSA) is 47.6 Å². The highest BCUT2D eigenvalue weighted by Gasteiger charge is 2.18. The van der Waals surface area contributed by atoms with E-state index >= 15 is 0 Å². The molecular weight excluding hydrogens is 290 g/mol. The maximum atomic E-state index is 12.2. The fourth-order valence-corrected chi connectivity index (χ4v) is 2.33. The molecule has 4 nitrogen and oxygen atoms in total. The van der Waals surface area contributed by atoms with Crippen molar-refractivity contribution in [2.24, 2.45) is 5.92 Å². The molecule has 1 unspecified atom stereocenters. The van der Waals surface area contributed by atoms with Crippen molar-refractivity contribution in [2.75, 3.05) is 13.7 Å². The average Bonchev–Trinajstić information content (AvgIpc) is 2.58. The number of nitrogens with one attached hydrogen (secondary N) is 1. The molecule has 2 aromatic carbocycles. The van der Waals surface area contributed by atoms with Gasteiger partial charge in [0.15, 0.2) is 6.61 Å². The first-order valence-corrected chi connectivity index (χ1v) is 7.71. The molecule has 1 amide bonds. The Hall–Kier alpha value is -2.49. The Labute approximate surface area is 137 Å². The molecule has 0 fully saturated rings. The van der Waals surface area contributed by atoms with Gasteiger partial charge in [0.25, 0.3) is 5.91 Å². The number of hydrogen-bond acceptors (Lipinski definition) is 3. The van der Waals surface area contributed by atoms with E-state index in [0.717, 1.165) is 11.3 Å². The highest BCUT2D eigenvalue weighted by molar-refractivity contribution is 5.78. The van der Waals surface area contributed by atoms with Crippen molar-refractivity contribution in [1.29, 1.82) is 0 Å². The molecule has 1 atom stereocenters. The molecule has 0 aliphatic carbocycles. The number of benzene rings is 2. The third kappa shape index (κ3) is 5.02. The van der Waals surface area contributed by atoms with Gasteiger partial charge in [0.1, 0.15) is 11.5 Å². The molecule has 2 aromatic rings. The lowest BCUT2D eigenvalue weighted by Gasteiger charge is -2.23. The Morgan fingerprint density at radius 3 is 2.22 bits per heavy atom. The SMILES string of the molecule is COc1ccc(C(NC(=O)COc2ccccc2)C(C)C)cc1. The predicted molar refractivity (Wildman–Crippen MR) is 90.7 cm³/mol. The summed E-state index contributed by atoms with van der Waals surface area (Å²) in [5.74, 6) is 1.62. The van der Waals surface area contributed by atoms with E-state index in [2.05, 4.69) is 19.2 Å². The van der Waals surface area contributed by atoms with Gasteiger partial charge in [-0.2, -0.15) is 0 Å². The lowest BCUT2D eigenvalue weighted by atomic mass is 9.96. The predicted octanol–water partition coefficient (Wildman–Crippen LogP) is 3.59. The molecule has 0 bridgehead atoms. The summed E-state index contributed by atoms with van der Waals surface area (Å²) in [6.07, 6.45) is 0. The van der Waals surface area contributed by atoms with Crippen molar-refractivity contribution < 1.29 is 14.3 Å². The maximum absolute atomic E-state index is 12.2. The summed E-state index contributed by atoms with van der Waals surface area (Å²) >= 11 is 0. The van der Waals surface area contributed by atoms with E-state index in [1.54, 1.807) is 7.11 Å². The van der Waals surface area contributed by atoms with Gasteiger partial charge in [-0.05, 0) is 35.7 Å². The summed E-state index contributed by atoms with van der Waals surface area (Å²) < 4.78 is 10.7. The number of methoxy groups -OCH3 is 1. The van der Waals surface area contributed by atoms with Gasteiger partial charge in [0.05, 0.1) is 13.2 Å². The molecule has 122 valence electrons. The fourth-order valence-electron chi connectivity index (χ4n) is 2.33. The molecule has 0 saturated carbocycles. The van der Waals surface area contributed by atoms with Crippen LogP contribution in [0.4, 0.5) is 0 Å². The van der Waals surface area contributed by atoms with Crippen LogP contribution in [0.2, 0.25) is 0 Å². The zero-order valence-corrected chi connectivity index (χ0v) is 13.8. The van der Waals surface area contributed by atoms with Gasteiger partial charge in [-0.25, -0.2) is 0 Å². The minimum Gasteiger partial charge on any atom is -0.497 e. The largest absolute Gasteiger partial charge is 0.497 e. The van der Waals surface area contributed by atoms with E-state index in [-0.39, 0.29) is 24.5 Å². The normalized spacial score (nSPS) is 11.8. The highest BCUT2D eigenvalue weighted by atomic mass is 16.5. The lowest BCUT2D eigenvalue weighted by Crippen LogP contribution is -2.35. The van der Waals surface area contributed by atoms with E-state index in [9.17, 15) is 4.79 Å². The van der Waals surface area contributed by atoms with Crippen molar-refractivity contribution >= 4 is 5.91 Å². The van der Waals surface area contributed by atoms with Crippen molar-refractivity contribution in [3.63, 3.8) is 0 Å². The van der Waals surface area contributed by atoms with Crippen LogP contribution in [0.25, 0.3) is 0 Å².